The summed E-state index contributed by atoms with van der Waals surface area (Å²) in [5.41, 5.74) is 6.79. The first-order valence-corrected chi connectivity index (χ1v) is 13.4. The van der Waals surface area contributed by atoms with Gasteiger partial charge in [0.1, 0.15) is 5.82 Å². The fourth-order valence-corrected chi connectivity index (χ4v) is 7.61. The highest BCUT2D eigenvalue weighted by atomic mass is 19.1. The SMILES string of the molecule is C[C@@H]1[C@H]2CCc3c(-c4ccccc4F)nc(-c4ccnc5c4CCC5)nc3[C@]2(C)CCC12OCCO2. The molecule has 3 aromatic rings. The average molecular weight is 486 g/mol. The topological polar surface area (TPSA) is 57.1 Å². The first kappa shape index (κ1) is 22.5. The minimum Gasteiger partial charge on any atom is -0.347 e. The van der Waals surface area contributed by atoms with Gasteiger partial charge in [-0.05, 0) is 68.2 Å². The molecule has 0 bridgehead atoms. The van der Waals surface area contributed by atoms with E-state index in [1.165, 1.54) is 11.6 Å². The molecule has 4 aliphatic rings. The van der Waals surface area contributed by atoms with Gasteiger partial charge < -0.3 is 9.47 Å². The number of hydrogen-bond donors (Lipinski definition) is 0. The monoisotopic (exact) mass is 485 g/mol. The van der Waals surface area contributed by atoms with Gasteiger partial charge in [0.25, 0.3) is 0 Å². The van der Waals surface area contributed by atoms with Gasteiger partial charge in [0.05, 0.1) is 24.6 Å². The Bertz CT molecular complexity index is 1350. The quantitative estimate of drug-likeness (QED) is 0.457. The Hall–Kier alpha value is -2.70. The zero-order valence-corrected chi connectivity index (χ0v) is 21.0. The van der Waals surface area contributed by atoms with Crippen LogP contribution in [0.15, 0.2) is 36.5 Å². The van der Waals surface area contributed by atoms with E-state index in [-0.39, 0.29) is 17.2 Å². The molecule has 1 saturated heterocycles. The summed E-state index contributed by atoms with van der Waals surface area (Å²) in [6.45, 7) is 5.98. The Labute approximate surface area is 211 Å². The number of nitrogens with zero attached hydrogens (tertiary/aromatic N) is 3. The second-order valence-electron chi connectivity index (χ2n) is 11.2. The molecule has 0 unspecified atom stereocenters. The van der Waals surface area contributed by atoms with Crippen LogP contribution in [0.2, 0.25) is 0 Å². The van der Waals surface area contributed by atoms with Crippen molar-refractivity contribution >= 4 is 0 Å². The molecule has 36 heavy (non-hydrogen) atoms. The fourth-order valence-electron chi connectivity index (χ4n) is 7.61. The normalized spacial score (nSPS) is 28.1. The van der Waals surface area contributed by atoms with Crippen LogP contribution in [0, 0.1) is 17.7 Å². The molecule has 0 radical (unpaired) electrons. The molecular weight excluding hydrogens is 453 g/mol. The van der Waals surface area contributed by atoms with Gasteiger partial charge in [-0.3, -0.25) is 4.98 Å². The Kier molecular flexibility index (Phi) is 5.09. The van der Waals surface area contributed by atoms with E-state index >= 15 is 4.39 Å². The molecule has 5 nitrogen and oxygen atoms in total. The number of aromatic nitrogens is 3. The summed E-state index contributed by atoms with van der Waals surface area (Å²) < 4.78 is 27.6. The van der Waals surface area contributed by atoms with E-state index in [1.54, 1.807) is 6.07 Å². The maximum Gasteiger partial charge on any atom is 0.171 e. The Balaban J connectivity index is 1.44. The van der Waals surface area contributed by atoms with Crippen molar-refractivity contribution in [3.05, 3.63) is 64.9 Å². The van der Waals surface area contributed by atoms with Crippen LogP contribution in [-0.2, 0) is 34.2 Å². The molecule has 0 amide bonds. The lowest BCUT2D eigenvalue weighted by atomic mass is 9.54. The van der Waals surface area contributed by atoms with Crippen molar-refractivity contribution in [1.82, 2.24) is 15.0 Å². The average Bonchev–Trinajstić information content (AvgIpc) is 3.57. The van der Waals surface area contributed by atoms with E-state index in [9.17, 15) is 0 Å². The molecule has 1 saturated carbocycles. The van der Waals surface area contributed by atoms with Crippen LogP contribution < -0.4 is 0 Å². The number of ether oxygens (including phenoxy) is 2. The summed E-state index contributed by atoms with van der Waals surface area (Å²) >= 11 is 0. The van der Waals surface area contributed by atoms with E-state index in [4.69, 9.17) is 19.4 Å². The molecule has 0 N–H and O–H groups in total. The summed E-state index contributed by atoms with van der Waals surface area (Å²) in [7, 11) is 0. The van der Waals surface area contributed by atoms with Crippen LogP contribution in [0.4, 0.5) is 4.39 Å². The third-order valence-electron chi connectivity index (χ3n) is 9.49. The Morgan fingerprint density at radius 3 is 2.61 bits per heavy atom. The minimum absolute atomic E-state index is 0.151. The van der Waals surface area contributed by atoms with E-state index in [1.807, 2.05) is 24.4 Å². The van der Waals surface area contributed by atoms with E-state index < -0.39 is 5.79 Å². The third-order valence-corrected chi connectivity index (χ3v) is 9.49. The molecule has 1 aliphatic heterocycles. The molecule has 3 heterocycles. The van der Waals surface area contributed by atoms with Gasteiger partial charge in [0, 0.05) is 46.3 Å². The lowest BCUT2D eigenvalue weighted by Gasteiger charge is -2.54. The number of benzene rings is 1. The van der Waals surface area contributed by atoms with Crippen LogP contribution in [0.5, 0.6) is 0 Å². The highest BCUT2D eigenvalue weighted by Gasteiger charge is 2.58. The van der Waals surface area contributed by atoms with Gasteiger partial charge in [0.2, 0.25) is 0 Å². The van der Waals surface area contributed by atoms with Gasteiger partial charge in [-0.25, -0.2) is 14.4 Å². The maximum absolute atomic E-state index is 15.2. The predicted octanol–water partition coefficient (Wildman–Crippen LogP) is 5.83. The lowest BCUT2D eigenvalue weighted by Crippen LogP contribution is -2.55. The van der Waals surface area contributed by atoms with E-state index in [2.05, 4.69) is 18.8 Å². The number of hydrogen-bond acceptors (Lipinski definition) is 5. The molecule has 186 valence electrons. The first-order valence-electron chi connectivity index (χ1n) is 13.4. The Morgan fingerprint density at radius 2 is 1.78 bits per heavy atom. The van der Waals surface area contributed by atoms with Gasteiger partial charge in [-0.1, -0.05) is 26.0 Å². The number of fused-ring (bicyclic) bond motifs is 4. The molecule has 3 atom stereocenters. The molecular formula is C30H32FN3O2. The van der Waals surface area contributed by atoms with Crippen molar-refractivity contribution in [2.24, 2.45) is 11.8 Å². The first-order chi connectivity index (χ1) is 17.5. The third kappa shape index (κ3) is 3.16. The lowest BCUT2D eigenvalue weighted by molar-refractivity contribution is -0.234. The number of pyridine rings is 1. The zero-order chi connectivity index (χ0) is 24.5. The smallest absolute Gasteiger partial charge is 0.171 e. The highest BCUT2D eigenvalue weighted by molar-refractivity contribution is 5.71. The standard InChI is InChI=1S/C30H32FN3O2/c1-18-23-11-10-22-26(21-6-3-4-8-24(21)31)33-28(20-12-15-32-25-9-5-7-19(20)25)34-27(22)29(23,2)13-14-30(18)35-16-17-36-30/h3-4,6,8,12,15,18,23H,5,7,9-11,13-14,16-17H2,1-2H3/t18-,23-,29-/m1/s1. The number of halogens is 1. The molecule has 1 spiro atoms. The van der Waals surface area contributed by atoms with E-state index in [0.717, 1.165) is 73.2 Å². The van der Waals surface area contributed by atoms with Gasteiger partial charge in [-0.2, -0.15) is 0 Å². The summed E-state index contributed by atoms with van der Waals surface area (Å²) in [6.07, 6.45) is 8.55. The molecule has 3 aliphatic carbocycles. The number of rotatable bonds is 2. The summed E-state index contributed by atoms with van der Waals surface area (Å²) in [4.78, 5) is 15.0. The van der Waals surface area contributed by atoms with Crippen LogP contribution in [0.1, 0.15) is 62.0 Å². The van der Waals surface area contributed by atoms with Crippen molar-refractivity contribution in [3.8, 4) is 22.6 Å². The van der Waals surface area contributed by atoms with Gasteiger partial charge in [-0.15, -0.1) is 0 Å². The fraction of sp³-hybridized carbons (Fsp3) is 0.500. The van der Waals surface area contributed by atoms with Crippen molar-refractivity contribution in [2.45, 2.75) is 70.0 Å². The summed E-state index contributed by atoms with van der Waals surface area (Å²) in [5, 5.41) is 0. The Morgan fingerprint density at radius 1 is 0.944 bits per heavy atom. The molecule has 7 rings (SSSR count). The molecule has 6 heteroatoms. The highest BCUT2D eigenvalue weighted by Crippen LogP contribution is 2.57. The summed E-state index contributed by atoms with van der Waals surface area (Å²) in [6, 6.07) is 9.06. The van der Waals surface area contributed by atoms with Crippen molar-refractivity contribution in [2.75, 3.05) is 13.2 Å². The summed E-state index contributed by atoms with van der Waals surface area (Å²) in [5.74, 6) is 0.623. The molecule has 2 aromatic heterocycles. The maximum atomic E-state index is 15.2. The minimum atomic E-state index is -0.474. The van der Waals surface area contributed by atoms with Crippen LogP contribution in [0.25, 0.3) is 22.6 Å². The van der Waals surface area contributed by atoms with E-state index in [0.29, 0.717) is 30.5 Å². The van der Waals surface area contributed by atoms with Crippen molar-refractivity contribution in [3.63, 3.8) is 0 Å². The van der Waals surface area contributed by atoms with Crippen molar-refractivity contribution in [1.29, 1.82) is 0 Å². The van der Waals surface area contributed by atoms with Crippen molar-refractivity contribution < 1.29 is 13.9 Å². The van der Waals surface area contributed by atoms with Crippen LogP contribution in [-0.4, -0.2) is 34.0 Å². The molecule has 1 aromatic carbocycles. The molecule has 2 fully saturated rings. The second-order valence-corrected chi connectivity index (χ2v) is 11.2. The van der Waals surface area contributed by atoms with Gasteiger partial charge >= 0.3 is 0 Å². The largest absolute Gasteiger partial charge is 0.347 e. The van der Waals surface area contributed by atoms with Gasteiger partial charge in [0.15, 0.2) is 11.6 Å². The predicted molar refractivity (Wildman–Crippen MR) is 135 cm³/mol. The van der Waals surface area contributed by atoms with Crippen LogP contribution >= 0.6 is 0 Å². The second kappa shape index (κ2) is 8.15. The van der Waals surface area contributed by atoms with Crippen LogP contribution in [0.3, 0.4) is 0 Å². The zero-order valence-electron chi connectivity index (χ0n) is 21.0. The number of aryl methyl sites for hydroxylation is 1.